The Morgan fingerprint density at radius 2 is 1.64 bits per heavy atom. The number of ether oxygens (including phenoxy) is 3. The molecule has 4 aromatic rings. The average molecular weight is 825 g/mol. The maximum atomic E-state index is 12.2. The van der Waals surface area contributed by atoms with Crippen LogP contribution in [-0.2, 0) is 11.3 Å². The van der Waals surface area contributed by atoms with E-state index in [1.807, 2.05) is 26.8 Å². The predicted octanol–water partition coefficient (Wildman–Crippen LogP) is 7.13. The van der Waals surface area contributed by atoms with E-state index >= 15 is 0 Å². The molecule has 6 rings (SSSR count). The second-order valence-corrected chi connectivity index (χ2v) is 13.7. The van der Waals surface area contributed by atoms with Gasteiger partial charge in [0.25, 0.3) is 5.69 Å². The van der Waals surface area contributed by atoms with E-state index in [-0.39, 0.29) is 6.03 Å². The van der Waals surface area contributed by atoms with Crippen LogP contribution in [0.3, 0.4) is 0 Å². The van der Waals surface area contributed by atoms with Crippen LogP contribution in [0, 0.1) is 20.2 Å². The lowest BCUT2D eigenvalue weighted by atomic mass is 10.2. The molecule has 3 heterocycles. The fraction of sp³-hybridized carbons (Fsp3) is 0.303. The molecule has 0 fully saturated rings. The van der Waals surface area contributed by atoms with Crippen molar-refractivity contribution in [3.8, 4) is 17.2 Å². The molecule has 2 aliphatic rings. The number of nitrogen functional groups attached to an aromatic ring is 1. The minimum atomic E-state index is -0.950. The Morgan fingerprint density at radius 1 is 0.982 bits per heavy atom. The molecule has 0 atom stereocenters. The van der Waals surface area contributed by atoms with Gasteiger partial charge in [0.05, 0.1) is 74.0 Å². The lowest BCUT2D eigenvalue weighted by Crippen LogP contribution is -2.41. The highest BCUT2D eigenvalue weighted by atomic mass is 35.5. The maximum Gasteiger partial charge on any atom is 0.415 e. The molecular formula is C33H36Cl3N9O10. The number of rotatable bonds is 5. The average Bonchev–Trinajstić information content (AvgIpc) is 3.62. The van der Waals surface area contributed by atoms with Gasteiger partial charge in [-0.15, -0.1) is 0 Å². The highest BCUT2D eigenvalue weighted by molar-refractivity contribution is 6.33. The molecule has 19 nitrogen and oxygen atoms in total. The van der Waals surface area contributed by atoms with E-state index in [4.69, 9.17) is 59.9 Å². The zero-order valence-corrected chi connectivity index (χ0v) is 32.0. The molecule has 0 bridgehead atoms. The van der Waals surface area contributed by atoms with Crippen LogP contribution in [0.5, 0.6) is 17.2 Å². The zero-order chi connectivity index (χ0) is 40.6. The van der Waals surface area contributed by atoms with Crippen molar-refractivity contribution in [2.24, 2.45) is 0 Å². The Hall–Kier alpha value is -5.92. The standard InChI is InChI=1S/C14H16ClN5O2.C13H17ClN2O3.C6H3ClN2O5/c1-16-14(21)19-9-4-11(15)13-12(5-9)20(2-3-22-13)7-10-6-17-8-18-10;1-13(2,3)19-12(17)16-4-5-18-11-9(14)6-8(15)7-10(11)16;7-4-1-3(8(11)12)2-5(6(4)10)9(13)14/h4-6,8H,2-3,7H2,1H3,(H,17,18)(H2,16,19,21);6-7H,4-5,15H2,1-3H3;1-2,10H. The van der Waals surface area contributed by atoms with Gasteiger partial charge in [0.2, 0.25) is 5.75 Å². The summed E-state index contributed by atoms with van der Waals surface area (Å²) in [6.45, 7) is 8.18. The van der Waals surface area contributed by atoms with Crippen LogP contribution in [0.2, 0.25) is 15.1 Å². The molecule has 3 aromatic carbocycles. The number of urea groups is 1. The van der Waals surface area contributed by atoms with Crippen molar-refractivity contribution in [3.63, 3.8) is 0 Å². The number of fused-ring (bicyclic) bond motifs is 2. The third-order valence-electron chi connectivity index (χ3n) is 7.32. The topological polar surface area (TPSA) is 254 Å². The molecule has 22 heteroatoms. The quantitative estimate of drug-likeness (QED) is 0.0764. The van der Waals surface area contributed by atoms with Gasteiger partial charge in [-0.1, -0.05) is 34.8 Å². The lowest BCUT2D eigenvalue weighted by molar-refractivity contribution is -0.394. The monoisotopic (exact) mass is 823 g/mol. The summed E-state index contributed by atoms with van der Waals surface area (Å²) in [5.41, 5.74) is 7.34. The Bertz CT molecular complexity index is 2060. The molecule has 1 aromatic heterocycles. The number of nitrogens with zero attached hydrogens (tertiary/aromatic N) is 5. The number of phenolic OH excluding ortho intramolecular Hbond substituents is 1. The van der Waals surface area contributed by atoms with Crippen LogP contribution in [0.1, 0.15) is 26.5 Å². The van der Waals surface area contributed by atoms with E-state index < -0.39 is 43.7 Å². The molecule has 294 valence electrons. The molecule has 0 unspecified atom stereocenters. The highest BCUT2D eigenvalue weighted by Gasteiger charge is 2.30. The smallest absolute Gasteiger partial charge is 0.415 e. The number of H-pyrrole nitrogens is 1. The van der Waals surface area contributed by atoms with Crippen molar-refractivity contribution >= 4 is 81.1 Å². The highest BCUT2D eigenvalue weighted by Crippen LogP contribution is 2.42. The number of aromatic hydroxyl groups is 1. The Kier molecular flexibility index (Phi) is 13.6. The third kappa shape index (κ3) is 11.1. The molecule has 0 radical (unpaired) electrons. The summed E-state index contributed by atoms with van der Waals surface area (Å²) in [6, 6.07) is 7.96. The first-order valence-electron chi connectivity index (χ1n) is 16.1. The summed E-state index contributed by atoms with van der Waals surface area (Å²) in [5.74, 6) is 0.324. The number of anilines is 4. The maximum absolute atomic E-state index is 12.2. The van der Waals surface area contributed by atoms with Crippen LogP contribution in [0.4, 0.5) is 43.7 Å². The lowest BCUT2D eigenvalue weighted by Gasteiger charge is -2.32. The minimum absolute atomic E-state index is 0.298. The van der Waals surface area contributed by atoms with Gasteiger partial charge in [-0.2, -0.15) is 0 Å². The van der Waals surface area contributed by atoms with Gasteiger partial charge >= 0.3 is 17.8 Å². The van der Waals surface area contributed by atoms with E-state index in [0.717, 1.165) is 24.0 Å². The number of non-ortho nitro benzene ring substituents is 1. The van der Waals surface area contributed by atoms with E-state index in [0.29, 0.717) is 71.0 Å². The van der Waals surface area contributed by atoms with Crippen LogP contribution in [0.15, 0.2) is 48.9 Å². The van der Waals surface area contributed by atoms with Gasteiger partial charge in [0.15, 0.2) is 11.5 Å². The number of benzene rings is 3. The number of imidazole rings is 1. The first-order valence-corrected chi connectivity index (χ1v) is 17.2. The number of nitrogens with one attached hydrogen (secondary N) is 3. The number of carbonyl (C=O) groups excluding carboxylic acids is 2. The molecule has 2 aliphatic heterocycles. The van der Waals surface area contributed by atoms with Crippen molar-refractivity contribution in [1.29, 1.82) is 0 Å². The van der Waals surface area contributed by atoms with Crippen LogP contribution in [0.25, 0.3) is 0 Å². The molecular weight excluding hydrogens is 789 g/mol. The van der Waals surface area contributed by atoms with E-state index in [1.165, 1.54) is 4.90 Å². The van der Waals surface area contributed by atoms with Gasteiger partial charge in [0, 0.05) is 30.7 Å². The SMILES string of the molecule is CC(C)(C)OC(=O)N1CCOc2c(Cl)cc(N)cc21.CNC(=O)Nc1cc(Cl)c2c(c1)N(Cc1cnc[nH]1)CCO2.O=[N+]([O-])c1cc(Cl)c(O)c([N+](=O)[O-])c1. The number of hydrogen-bond donors (Lipinski definition) is 5. The third-order valence-corrected chi connectivity index (χ3v) is 8.17. The fourth-order valence-electron chi connectivity index (χ4n) is 4.97. The second-order valence-electron chi connectivity index (χ2n) is 12.5. The number of aromatic amines is 1. The number of nitrogens with two attached hydrogens (primary N) is 1. The predicted molar refractivity (Wildman–Crippen MR) is 206 cm³/mol. The van der Waals surface area contributed by atoms with Crippen LogP contribution >= 0.6 is 34.8 Å². The fourth-order valence-corrected chi connectivity index (χ4v) is 5.72. The summed E-state index contributed by atoms with van der Waals surface area (Å²) >= 11 is 17.7. The number of aromatic nitrogens is 2. The van der Waals surface area contributed by atoms with Gasteiger partial charge in [-0.05, 0) is 45.0 Å². The summed E-state index contributed by atoms with van der Waals surface area (Å²) in [5, 5.41) is 35.3. The number of amides is 3. The Balaban J connectivity index is 0.000000188. The molecule has 0 saturated heterocycles. The van der Waals surface area contributed by atoms with Crippen molar-refractivity contribution in [2.75, 3.05) is 54.2 Å². The Morgan fingerprint density at radius 3 is 2.24 bits per heavy atom. The molecule has 55 heavy (non-hydrogen) atoms. The number of carbonyl (C=O) groups is 2. The zero-order valence-electron chi connectivity index (χ0n) is 29.7. The van der Waals surface area contributed by atoms with Gasteiger partial charge in [-0.25, -0.2) is 14.6 Å². The van der Waals surface area contributed by atoms with Crippen molar-refractivity contribution < 1.29 is 38.8 Å². The summed E-state index contributed by atoms with van der Waals surface area (Å²) < 4.78 is 16.5. The first-order chi connectivity index (χ1) is 25.9. The molecule has 6 N–H and O–H groups in total. The van der Waals surface area contributed by atoms with Crippen LogP contribution < -0.4 is 35.6 Å². The second kappa shape index (κ2) is 17.9. The molecule has 0 aliphatic carbocycles. The van der Waals surface area contributed by atoms with Crippen molar-refractivity contribution in [2.45, 2.75) is 32.9 Å². The largest absolute Gasteiger partial charge is 0.501 e. The van der Waals surface area contributed by atoms with E-state index in [1.54, 1.807) is 37.8 Å². The summed E-state index contributed by atoms with van der Waals surface area (Å²) in [4.78, 5) is 53.2. The number of halogens is 3. The van der Waals surface area contributed by atoms with Crippen LogP contribution in [-0.4, -0.2) is 76.0 Å². The van der Waals surface area contributed by atoms with Gasteiger partial charge < -0.3 is 45.6 Å². The number of hydrogen-bond acceptors (Lipinski definition) is 13. The van der Waals surface area contributed by atoms with Crippen molar-refractivity contribution in [3.05, 3.63) is 89.9 Å². The molecule has 0 saturated carbocycles. The normalized spacial score (nSPS) is 12.9. The molecule has 3 amide bonds. The first kappa shape index (κ1) is 41.8. The summed E-state index contributed by atoms with van der Waals surface area (Å²) in [7, 11) is 1.56. The number of nitro groups is 2. The van der Waals surface area contributed by atoms with Gasteiger partial charge in [0.1, 0.15) is 18.8 Å². The van der Waals surface area contributed by atoms with Gasteiger partial charge in [-0.3, -0.25) is 25.1 Å². The minimum Gasteiger partial charge on any atom is -0.501 e. The Labute approximate surface area is 328 Å². The van der Waals surface area contributed by atoms with E-state index in [9.17, 15) is 29.8 Å². The van der Waals surface area contributed by atoms with Crippen molar-refractivity contribution in [1.82, 2.24) is 15.3 Å². The number of nitro benzene ring substituents is 2. The number of phenols is 1. The summed E-state index contributed by atoms with van der Waals surface area (Å²) in [6.07, 6.45) is 3.00. The molecule has 0 spiro atoms. The van der Waals surface area contributed by atoms with E-state index in [2.05, 4.69) is 25.5 Å².